The first kappa shape index (κ1) is 13.5. The predicted octanol–water partition coefficient (Wildman–Crippen LogP) is 4.05. The topological polar surface area (TPSA) is 60.0 Å². The maximum Gasteiger partial charge on any atom is 0.322 e. The number of aromatic amines is 1. The van der Waals surface area contributed by atoms with E-state index >= 15 is 0 Å². The first-order chi connectivity index (χ1) is 11.2. The maximum absolute atomic E-state index is 14.4. The Morgan fingerprint density at radius 3 is 2.91 bits per heavy atom. The van der Waals surface area contributed by atoms with E-state index in [0.29, 0.717) is 22.2 Å². The van der Waals surface area contributed by atoms with E-state index in [9.17, 15) is 4.39 Å². The van der Waals surface area contributed by atoms with E-state index in [0.717, 1.165) is 5.39 Å². The number of halogens is 1. The third kappa shape index (κ3) is 2.34. The Morgan fingerprint density at radius 1 is 1.13 bits per heavy atom. The number of hydrogen-bond donors (Lipinski definition) is 1. The molecule has 4 aromatic rings. The molecule has 0 aliphatic heterocycles. The van der Waals surface area contributed by atoms with Crippen molar-refractivity contribution in [2.75, 3.05) is 7.11 Å². The number of H-pyrrole nitrogens is 1. The number of aromatic nitrogens is 3. The van der Waals surface area contributed by atoms with Crippen molar-refractivity contribution in [2.24, 2.45) is 0 Å². The van der Waals surface area contributed by atoms with Crippen LogP contribution in [0.3, 0.4) is 0 Å². The van der Waals surface area contributed by atoms with Crippen LogP contribution < -0.4 is 9.47 Å². The number of benzene rings is 2. The molecule has 2 aromatic carbocycles. The minimum Gasteiger partial charge on any atom is -0.497 e. The lowest BCUT2D eigenvalue weighted by Gasteiger charge is -2.07. The molecule has 0 spiro atoms. The minimum absolute atomic E-state index is 0.0827. The molecule has 2 aromatic heterocycles. The minimum atomic E-state index is -0.446. The zero-order valence-corrected chi connectivity index (χ0v) is 12.2. The third-order valence-electron chi connectivity index (χ3n) is 3.60. The average Bonchev–Trinajstić information content (AvgIpc) is 3.06. The van der Waals surface area contributed by atoms with Gasteiger partial charge in [-0.25, -0.2) is 9.37 Å². The van der Waals surface area contributed by atoms with Crippen LogP contribution in [-0.4, -0.2) is 22.1 Å². The van der Waals surface area contributed by atoms with Crippen LogP contribution in [0, 0.1) is 5.82 Å². The SMILES string of the molecule is COc1ccc2cnc(Oc3ccc4[nH]ccc4c3F)nc2c1. The highest BCUT2D eigenvalue weighted by molar-refractivity contribution is 5.82. The van der Waals surface area contributed by atoms with E-state index in [-0.39, 0.29) is 11.8 Å². The summed E-state index contributed by atoms with van der Waals surface area (Å²) in [6, 6.07) is 10.5. The smallest absolute Gasteiger partial charge is 0.322 e. The van der Waals surface area contributed by atoms with Crippen LogP contribution in [0.15, 0.2) is 48.8 Å². The molecule has 5 nitrogen and oxygen atoms in total. The van der Waals surface area contributed by atoms with E-state index in [1.807, 2.05) is 12.1 Å². The van der Waals surface area contributed by atoms with E-state index in [1.54, 1.807) is 43.8 Å². The zero-order chi connectivity index (χ0) is 15.8. The lowest BCUT2D eigenvalue weighted by molar-refractivity contribution is 0.412. The average molecular weight is 309 g/mol. The highest BCUT2D eigenvalue weighted by Gasteiger charge is 2.12. The van der Waals surface area contributed by atoms with Gasteiger partial charge in [0, 0.05) is 34.7 Å². The van der Waals surface area contributed by atoms with Crippen LogP contribution in [0.5, 0.6) is 17.5 Å². The summed E-state index contributed by atoms with van der Waals surface area (Å²) >= 11 is 0. The molecule has 0 fully saturated rings. The van der Waals surface area contributed by atoms with E-state index in [4.69, 9.17) is 9.47 Å². The van der Waals surface area contributed by atoms with Crippen molar-refractivity contribution in [3.63, 3.8) is 0 Å². The quantitative estimate of drug-likeness (QED) is 0.620. The Balaban J connectivity index is 1.74. The Bertz CT molecular complexity index is 1010. The third-order valence-corrected chi connectivity index (χ3v) is 3.60. The van der Waals surface area contributed by atoms with Gasteiger partial charge in [-0.1, -0.05) is 0 Å². The zero-order valence-electron chi connectivity index (χ0n) is 12.2. The van der Waals surface area contributed by atoms with Gasteiger partial charge in [0.15, 0.2) is 11.6 Å². The number of nitrogens with zero attached hydrogens (tertiary/aromatic N) is 2. The van der Waals surface area contributed by atoms with E-state index in [1.165, 1.54) is 0 Å². The molecular formula is C17H12FN3O2. The second-order valence-electron chi connectivity index (χ2n) is 5.00. The van der Waals surface area contributed by atoms with Crippen LogP contribution in [0.2, 0.25) is 0 Å². The number of fused-ring (bicyclic) bond motifs is 2. The normalized spacial score (nSPS) is 11.0. The summed E-state index contributed by atoms with van der Waals surface area (Å²) in [5, 5.41) is 1.31. The van der Waals surface area contributed by atoms with Crippen molar-refractivity contribution in [2.45, 2.75) is 0 Å². The van der Waals surface area contributed by atoms with Crippen molar-refractivity contribution in [3.8, 4) is 17.5 Å². The second kappa shape index (κ2) is 5.24. The summed E-state index contributed by atoms with van der Waals surface area (Å²) < 4.78 is 25.1. The van der Waals surface area contributed by atoms with Crippen LogP contribution >= 0.6 is 0 Å². The molecule has 2 heterocycles. The number of methoxy groups -OCH3 is 1. The van der Waals surface area contributed by atoms with Gasteiger partial charge in [0.2, 0.25) is 0 Å². The van der Waals surface area contributed by atoms with Gasteiger partial charge in [0.1, 0.15) is 5.75 Å². The van der Waals surface area contributed by atoms with Gasteiger partial charge in [-0.3, -0.25) is 0 Å². The summed E-state index contributed by atoms with van der Waals surface area (Å²) in [7, 11) is 1.58. The molecule has 114 valence electrons. The molecule has 4 rings (SSSR count). The first-order valence-corrected chi connectivity index (χ1v) is 6.99. The highest BCUT2D eigenvalue weighted by Crippen LogP contribution is 2.29. The molecule has 6 heteroatoms. The van der Waals surface area contributed by atoms with Gasteiger partial charge in [0.05, 0.1) is 12.6 Å². The fourth-order valence-electron chi connectivity index (χ4n) is 2.42. The Morgan fingerprint density at radius 2 is 2.04 bits per heavy atom. The van der Waals surface area contributed by atoms with Crippen LogP contribution in [0.1, 0.15) is 0 Å². The van der Waals surface area contributed by atoms with Crippen LogP contribution in [0.4, 0.5) is 4.39 Å². The molecule has 0 bridgehead atoms. The van der Waals surface area contributed by atoms with Gasteiger partial charge in [-0.2, -0.15) is 4.98 Å². The largest absolute Gasteiger partial charge is 0.497 e. The maximum atomic E-state index is 14.4. The van der Waals surface area contributed by atoms with Crippen molar-refractivity contribution in [1.29, 1.82) is 0 Å². The fourth-order valence-corrected chi connectivity index (χ4v) is 2.42. The van der Waals surface area contributed by atoms with E-state index in [2.05, 4.69) is 15.0 Å². The number of rotatable bonds is 3. The number of hydrogen-bond acceptors (Lipinski definition) is 4. The molecule has 0 aliphatic rings. The Kier molecular flexibility index (Phi) is 3.08. The van der Waals surface area contributed by atoms with Crippen molar-refractivity contribution in [1.82, 2.24) is 15.0 Å². The molecular weight excluding hydrogens is 297 g/mol. The first-order valence-electron chi connectivity index (χ1n) is 6.99. The van der Waals surface area contributed by atoms with Crippen molar-refractivity contribution in [3.05, 3.63) is 54.6 Å². The number of ether oxygens (including phenoxy) is 2. The van der Waals surface area contributed by atoms with Gasteiger partial charge in [-0.05, 0) is 30.3 Å². The van der Waals surface area contributed by atoms with Crippen LogP contribution in [0.25, 0.3) is 21.8 Å². The van der Waals surface area contributed by atoms with Crippen LogP contribution in [-0.2, 0) is 0 Å². The molecule has 0 unspecified atom stereocenters. The monoisotopic (exact) mass is 309 g/mol. The van der Waals surface area contributed by atoms with Gasteiger partial charge < -0.3 is 14.5 Å². The molecule has 0 saturated carbocycles. The molecule has 1 N–H and O–H groups in total. The number of nitrogens with one attached hydrogen (secondary N) is 1. The molecule has 0 aliphatic carbocycles. The standard InChI is InChI=1S/C17H12FN3O2/c1-22-11-3-2-10-9-20-17(21-14(10)8-11)23-15-5-4-13-12(16(15)18)6-7-19-13/h2-9,19H,1H3. The second-order valence-corrected chi connectivity index (χ2v) is 5.00. The molecule has 0 amide bonds. The summed E-state index contributed by atoms with van der Waals surface area (Å²) in [6.45, 7) is 0. The summed E-state index contributed by atoms with van der Waals surface area (Å²) in [5.41, 5.74) is 1.37. The highest BCUT2D eigenvalue weighted by atomic mass is 19.1. The lowest BCUT2D eigenvalue weighted by Crippen LogP contribution is -1.95. The summed E-state index contributed by atoms with van der Waals surface area (Å²) in [5.74, 6) is 0.319. The van der Waals surface area contributed by atoms with Crippen molar-refractivity contribution >= 4 is 21.8 Å². The Hall–Kier alpha value is -3.15. The lowest BCUT2D eigenvalue weighted by atomic mass is 10.2. The molecule has 0 saturated heterocycles. The summed E-state index contributed by atoms with van der Waals surface area (Å²) in [6.07, 6.45) is 3.31. The Labute approximate surface area is 130 Å². The molecule has 0 radical (unpaired) electrons. The fraction of sp³-hybridized carbons (Fsp3) is 0.0588. The molecule has 0 atom stereocenters. The molecule has 23 heavy (non-hydrogen) atoms. The van der Waals surface area contributed by atoms with Gasteiger partial charge in [-0.15, -0.1) is 0 Å². The van der Waals surface area contributed by atoms with E-state index < -0.39 is 5.82 Å². The summed E-state index contributed by atoms with van der Waals surface area (Å²) in [4.78, 5) is 11.4. The van der Waals surface area contributed by atoms with Crippen molar-refractivity contribution < 1.29 is 13.9 Å². The predicted molar refractivity (Wildman–Crippen MR) is 84.4 cm³/mol. The van der Waals surface area contributed by atoms with Gasteiger partial charge in [0.25, 0.3) is 0 Å². The van der Waals surface area contributed by atoms with Gasteiger partial charge >= 0.3 is 6.01 Å².